The number of ether oxygens (including phenoxy) is 1. The number of hydrogen-bond donors (Lipinski definition) is 1. The van der Waals surface area contributed by atoms with E-state index in [1.54, 1.807) is 7.11 Å². The fraction of sp³-hybridized carbons (Fsp3) is 0.667. The molecule has 1 heterocycles. The molecule has 4 heteroatoms. The molecule has 1 rings (SSSR count). The van der Waals surface area contributed by atoms with Gasteiger partial charge in [-0.2, -0.15) is 0 Å². The first-order valence-electron chi connectivity index (χ1n) is 5.53. The van der Waals surface area contributed by atoms with E-state index in [0.717, 1.165) is 11.5 Å². The molecule has 0 aliphatic rings. The van der Waals surface area contributed by atoms with Crippen molar-refractivity contribution in [2.45, 2.75) is 39.2 Å². The van der Waals surface area contributed by atoms with E-state index in [4.69, 9.17) is 4.74 Å². The van der Waals surface area contributed by atoms with Crippen molar-refractivity contribution in [3.8, 4) is 0 Å². The zero-order chi connectivity index (χ0) is 12.3. The number of anilines is 1. The van der Waals surface area contributed by atoms with Crippen LogP contribution in [0.5, 0.6) is 0 Å². The molecule has 0 saturated carbocycles. The molecule has 1 aromatic heterocycles. The topological polar surface area (TPSA) is 47.0 Å². The summed E-state index contributed by atoms with van der Waals surface area (Å²) in [4.78, 5) is 8.98. The summed E-state index contributed by atoms with van der Waals surface area (Å²) in [5.74, 6) is 1.92. The normalized spacial score (nSPS) is 11.9. The minimum absolute atomic E-state index is 0.376. The van der Waals surface area contributed by atoms with E-state index in [1.807, 2.05) is 27.0 Å². The zero-order valence-corrected chi connectivity index (χ0v) is 11.0. The molecule has 16 heavy (non-hydrogen) atoms. The van der Waals surface area contributed by atoms with Gasteiger partial charge in [0.1, 0.15) is 11.4 Å². The van der Waals surface area contributed by atoms with Gasteiger partial charge in [0.25, 0.3) is 0 Å². The molecule has 0 unspecified atom stereocenters. The van der Waals surface area contributed by atoms with Crippen LogP contribution in [0.3, 0.4) is 0 Å². The van der Waals surface area contributed by atoms with Gasteiger partial charge in [0.05, 0.1) is 0 Å². The number of rotatable bonds is 4. The van der Waals surface area contributed by atoms with Crippen molar-refractivity contribution < 1.29 is 4.74 Å². The van der Waals surface area contributed by atoms with Crippen LogP contribution in [0.2, 0.25) is 0 Å². The van der Waals surface area contributed by atoms with Crippen molar-refractivity contribution in [3.63, 3.8) is 0 Å². The largest absolute Gasteiger partial charge is 0.373 e. The van der Waals surface area contributed by atoms with Crippen molar-refractivity contribution in [2.75, 3.05) is 19.5 Å². The number of nitrogens with zero attached hydrogens (tertiary/aromatic N) is 2. The quantitative estimate of drug-likeness (QED) is 0.852. The van der Waals surface area contributed by atoms with Crippen molar-refractivity contribution >= 4 is 5.82 Å². The lowest BCUT2D eigenvalue weighted by atomic mass is 10.1. The highest BCUT2D eigenvalue weighted by Crippen LogP contribution is 2.24. The summed E-state index contributed by atoms with van der Waals surface area (Å²) in [5.41, 5.74) is 0.565. The number of aromatic nitrogens is 2. The fourth-order valence-corrected chi connectivity index (χ4v) is 1.25. The van der Waals surface area contributed by atoms with Crippen LogP contribution in [0.15, 0.2) is 6.07 Å². The van der Waals surface area contributed by atoms with E-state index < -0.39 is 5.60 Å². The average Bonchev–Trinajstić information content (AvgIpc) is 2.28. The molecule has 4 nitrogen and oxygen atoms in total. The highest BCUT2D eigenvalue weighted by Gasteiger charge is 2.24. The van der Waals surface area contributed by atoms with E-state index >= 15 is 0 Å². The van der Waals surface area contributed by atoms with E-state index in [2.05, 4.69) is 29.1 Å². The molecule has 0 saturated heterocycles. The molecule has 90 valence electrons. The minimum Gasteiger partial charge on any atom is -0.373 e. The molecule has 0 aromatic carbocycles. The van der Waals surface area contributed by atoms with Gasteiger partial charge in [-0.15, -0.1) is 0 Å². The summed E-state index contributed by atoms with van der Waals surface area (Å²) in [6.07, 6.45) is 0. The molecule has 1 aromatic rings. The Morgan fingerprint density at radius 3 is 2.38 bits per heavy atom. The SMILES string of the molecule is CNc1cc(C(C)C)nc(C(C)(C)OC)n1. The van der Waals surface area contributed by atoms with Crippen LogP contribution in [0.4, 0.5) is 5.82 Å². The zero-order valence-electron chi connectivity index (χ0n) is 11.0. The second-order valence-corrected chi connectivity index (χ2v) is 4.62. The molecule has 0 bridgehead atoms. The van der Waals surface area contributed by atoms with Gasteiger partial charge < -0.3 is 10.1 Å². The average molecular weight is 223 g/mol. The number of methoxy groups -OCH3 is 1. The van der Waals surface area contributed by atoms with E-state index in [0.29, 0.717) is 11.7 Å². The van der Waals surface area contributed by atoms with Gasteiger partial charge in [-0.25, -0.2) is 9.97 Å². The maximum absolute atomic E-state index is 5.41. The smallest absolute Gasteiger partial charge is 0.162 e. The Bertz CT molecular complexity index is 361. The summed E-state index contributed by atoms with van der Waals surface area (Å²) < 4.78 is 5.41. The molecule has 0 amide bonds. The van der Waals surface area contributed by atoms with E-state index in [-0.39, 0.29) is 0 Å². The van der Waals surface area contributed by atoms with Crippen molar-refractivity contribution in [3.05, 3.63) is 17.6 Å². The second kappa shape index (κ2) is 4.78. The van der Waals surface area contributed by atoms with Crippen molar-refractivity contribution in [1.82, 2.24) is 9.97 Å². The van der Waals surface area contributed by atoms with Crippen LogP contribution in [-0.4, -0.2) is 24.1 Å². The van der Waals surface area contributed by atoms with Crippen LogP contribution in [0.1, 0.15) is 45.1 Å². The highest BCUT2D eigenvalue weighted by atomic mass is 16.5. The third-order valence-electron chi connectivity index (χ3n) is 2.64. The Balaban J connectivity index is 3.24. The van der Waals surface area contributed by atoms with Crippen molar-refractivity contribution in [2.24, 2.45) is 0 Å². The first-order chi connectivity index (χ1) is 7.40. The van der Waals surface area contributed by atoms with Crippen LogP contribution < -0.4 is 5.32 Å². The van der Waals surface area contributed by atoms with Crippen LogP contribution in [-0.2, 0) is 10.3 Å². The van der Waals surface area contributed by atoms with E-state index in [1.165, 1.54) is 0 Å². The van der Waals surface area contributed by atoms with Gasteiger partial charge in [0.15, 0.2) is 5.82 Å². The summed E-state index contributed by atoms with van der Waals surface area (Å²) in [5, 5.41) is 3.05. The molecule has 0 atom stereocenters. The summed E-state index contributed by atoms with van der Waals surface area (Å²) in [6.45, 7) is 8.16. The van der Waals surface area contributed by atoms with Crippen molar-refractivity contribution in [1.29, 1.82) is 0 Å². The molecule has 0 spiro atoms. The fourth-order valence-electron chi connectivity index (χ4n) is 1.25. The van der Waals surface area contributed by atoms with Crippen LogP contribution >= 0.6 is 0 Å². The summed E-state index contributed by atoms with van der Waals surface area (Å²) >= 11 is 0. The Kier molecular flexibility index (Phi) is 3.86. The highest BCUT2D eigenvalue weighted by molar-refractivity contribution is 5.36. The van der Waals surface area contributed by atoms with Gasteiger partial charge >= 0.3 is 0 Å². The second-order valence-electron chi connectivity index (χ2n) is 4.62. The molecule has 0 aliphatic heterocycles. The Morgan fingerprint density at radius 1 is 1.31 bits per heavy atom. The predicted octanol–water partition coefficient (Wildman–Crippen LogP) is 2.52. The van der Waals surface area contributed by atoms with Crippen LogP contribution in [0.25, 0.3) is 0 Å². The van der Waals surface area contributed by atoms with Crippen LogP contribution in [0, 0.1) is 0 Å². The molecule has 0 aliphatic carbocycles. The lowest BCUT2D eigenvalue weighted by molar-refractivity contribution is 0.0114. The third-order valence-corrected chi connectivity index (χ3v) is 2.64. The number of hydrogen-bond acceptors (Lipinski definition) is 4. The molecular weight excluding hydrogens is 202 g/mol. The molecular formula is C12H21N3O. The summed E-state index contributed by atoms with van der Waals surface area (Å²) in [6, 6.07) is 1.97. The van der Waals surface area contributed by atoms with Gasteiger partial charge in [0.2, 0.25) is 0 Å². The lowest BCUT2D eigenvalue weighted by Gasteiger charge is -2.22. The standard InChI is InChI=1S/C12H21N3O/c1-8(2)9-7-10(13-5)15-11(14-9)12(3,4)16-6/h7-8H,1-6H3,(H,13,14,15). The Morgan fingerprint density at radius 2 is 1.94 bits per heavy atom. The predicted molar refractivity (Wildman–Crippen MR) is 65.7 cm³/mol. The van der Waals surface area contributed by atoms with Gasteiger partial charge in [-0.3, -0.25) is 0 Å². The van der Waals surface area contributed by atoms with Gasteiger partial charge in [-0.05, 0) is 19.8 Å². The first kappa shape index (κ1) is 12.9. The maximum atomic E-state index is 5.41. The molecule has 1 N–H and O–H groups in total. The molecule has 0 radical (unpaired) electrons. The minimum atomic E-state index is -0.462. The maximum Gasteiger partial charge on any atom is 0.162 e. The van der Waals surface area contributed by atoms with E-state index in [9.17, 15) is 0 Å². The third kappa shape index (κ3) is 2.70. The lowest BCUT2D eigenvalue weighted by Crippen LogP contribution is -2.24. The summed E-state index contributed by atoms with van der Waals surface area (Å²) in [7, 11) is 3.53. The molecule has 0 fully saturated rings. The number of nitrogens with one attached hydrogen (secondary N) is 1. The monoisotopic (exact) mass is 223 g/mol. The Labute approximate surface area is 97.5 Å². The van der Waals surface area contributed by atoms with Gasteiger partial charge in [0, 0.05) is 25.9 Å². The first-order valence-corrected chi connectivity index (χ1v) is 5.53. The Hall–Kier alpha value is -1.16. The van der Waals surface area contributed by atoms with Gasteiger partial charge in [-0.1, -0.05) is 13.8 Å².